The second-order valence-corrected chi connectivity index (χ2v) is 6.77. The van der Waals surface area contributed by atoms with Crippen LogP contribution < -0.4 is 11.1 Å². The van der Waals surface area contributed by atoms with Gasteiger partial charge in [-0.25, -0.2) is 0 Å². The van der Waals surface area contributed by atoms with Crippen molar-refractivity contribution in [1.29, 1.82) is 0 Å². The summed E-state index contributed by atoms with van der Waals surface area (Å²) in [5.41, 5.74) is 6.05. The van der Waals surface area contributed by atoms with Crippen LogP contribution in [0.1, 0.15) is 53.4 Å². The van der Waals surface area contributed by atoms with Crippen molar-refractivity contribution < 1.29 is 9.59 Å². The first kappa shape index (κ1) is 20.2. The van der Waals surface area contributed by atoms with Crippen molar-refractivity contribution in [1.82, 2.24) is 10.2 Å². The van der Waals surface area contributed by atoms with E-state index >= 15 is 0 Å². The van der Waals surface area contributed by atoms with Gasteiger partial charge >= 0.3 is 0 Å². The molecule has 124 valence electrons. The van der Waals surface area contributed by atoms with Gasteiger partial charge in [0.25, 0.3) is 0 Å². The standard InChI is InChI=1S/C15H29N3O2.ClH/c1-11(2)17-13(19)6-5-7-14(20)18-9-8-12(16)15(3,4)10-18;/h11-12H,5-10,16H2,1-4H3,(H,17,19);1H. The lowest BCUT2D eigenvalue weighted by Gasteiger charge is -2.42. The number of likely N-dealkylation sites (tertiary alicyclic amines) is 1. The summed E-state index contributed by atoms with van der Waals surface area (Å²) < 4.78 is 0. The predicted octanol–water partition coefficient (Wildman–Crippen LogP) is 1.69. The second-order valence-electron chi connectivity index (χ2n) is 6.77. The molecule has 0 saturated carbocycles. The zero-order valence-electron chi connectivity index (χ0n) is 13.6. The number of carbonyl (C=O) groups is 2. The van der Waals surface area contributed by atoms with E-state index in [0.29, 0.717) is 25.8 Å². The van der Waals surface area contributed by atoms with Crippen LogP contribution in [0, 0.1) is 5.41 Å². The molecule has 0 aliphatic carbocycles. The van der Waals surface area contributed by atoms with Gasteiger partial charge in [0.15, 0.2) is 0 Å². The fourth-order valence-electron chi connectivity index (χ4n) is 2.54. The van der Waals surface area contributed by atoms with Gasteiger partial charge in [-0.15, -0.1) is 12.4 Å². The molecule has 5 nitrogen and oxygen atoms in total. The topological polar surface area (TPSA) is 75.4 Å². The molecule has 3 N–H and O–H groups in total. The van der Waals surface area contributed by atoms with E-state index in [9.17, 15) is 9.59 Å². The van der Waals surface area contributed by atoms with Crippen molar-refractivity contribution in [3.05, 3.63) is 0 Å². The molecule has 1 aliphatic heterocycles. The highest BCUT2D eigenvalue weighted by Gasteiger charge is 2.34. The molecular weight excluding hydrogens is 290 g/mol. The second kappa shape index (κ2) is 8.59. The molecule has 1 atom stereocenters. The first-order valence-corrected chi connectivity index (χ1v) is 7.55. The van der Waals surface area contributed by atoms with Gasteiger partial charge in [-0.05, 0) is 32.1 Å². The summed E-state index contributed by atoms with van der Waals surface area (Å²) in [6, 6.07) is 0.311. The monoisotopic (exact) mass is 319 g/mol. The molecule has 6 heteroatoms. The van der Waals surface area contributed by atoms with Crippen molar-refractivity contribution in [2.45, 2.75) is 65.5 Å². The highest BCUT2D eigenvalue weighted by Crippen LogP contribution is 2.28. The Kier molecular flexibility index (Phi) is 8.26. The highest BCUT2D eigenvalue weighted by molar-refractivity contribution is 5.85. The molecule has 0 aromatic heterocycles. The van der Waals surface area contributed by atoms with Crippen LogP contribution in [0.3, 0.4) is 0 Å². The van der Waals surface area contributed by atoms with Crippen molar-refractivity contribution in [3.63, 3.8) is 0 Å². The van der Waals surface area contributed by atoms with Crippen LogP contribution in [-0.4, -0.2) is 41.9 Å². The molecular formula is C15H30ClN3O2. The van der Waals surface area contributed by atoms with Gasteiger partial charge in [0.2, 0.25) is 11.8 Å². The van der Waals surface area contributed by atoms with Crippen LogP contribution in [0.5, 0.6) is 0 Å². The average Bonchev–Trinajstić information content (AvgIpc) is 2.31. The summed E-state index contributed by atoms with van der Waals surface area (Å²) in [6.45, 7) is 9.53. The number of amides is 2. The van der Waals surface area contributed by atoms with Crippen molar-refractivity contribution >= 4 is 24.2 Å². The number of carbonyl (C=O) groups excluding carboxylic acids is 2. The quantitative estimate of drug-likeness (QED) is 0.809. The zero-order chi connectivity index (χ0) is 15.3. The number of halogens is 1. The van der Waals surface area contributed by atoms with Crippen LogP contribution in [-0.2, 0) is 9.59 Å². The molecule has 1 rings (SSSR count). The van der Waals surface area contributed by atoms with E-state index in [4.69, 9.17) is 5.73 Å². The largest absolute Gasteiger partial charge is 0.354 e. The third kappa shape index (κ3) is 6.66. The normalized spacial score (nSPS) is 20.9. The lowest BCUT2D eigenvalue weighted by Crippen LogP contribution is -2.53. The van der Waals surface area contributed by atoms with E-state index < -0.39 is 0 Å². The maximum Gasteiger partial charge on any atom is 0.222 e. The summed E-state index contributed by atoms with van der Waals surface area (Å²) in [5.74, 6) is 0.163. The molecule has 21 heavy (non-hydrogen) atoms. The summed E-state index contributed by atoms with van der Waals surface area (Å²) in [6.07, 6.45) is 2.32. The number of nitrogens with one attached hydrogen (secondary N) is 1. The van der Waals surface area contributed by atoms with Crippen LogP contribution in [0.25, 0.3) is 0 Å². The average molecular weight is 320 g/mol. The number of hydrogen-bond donors (Lipinski definition) is 2. The van der Waals surface area contributed by atoms with Gasteiger partial charge in [0, 0.05) is 38.0 Å². The minimum Gasteiger partial charge on any atom is -0.354 e. The fraction of sp³-hybridized carbons (Fsp3) is 0.867. The third-order valence-electron chi connectivity index (χ3n) is 3.91. The first-order valence-electron chi connectivity index (χ1n) is 7.55. The van der Waals surface area contributed by atoms with E-state index in [1.54, 1.807) is 0 Å². The van der Waals surface area contributed by atoms with Crippen molar-refractivity contribution in [2.75, 3.05) is 13.1 Å². The fourth-order valence-corrected chi connectivity index (χ4v) is 2.54. The summed E-state index contributed by atoms with van der Waals surface area (Å²) in [5, 5.41) is 2.83. The number of hydrogen-bond acceptors (Lipinski definition) is 3. The number of rotatable bonds is 5. The van der Waals surface area contributed by atoms with E-state index in [0.717, 1.165) is 13.0 Å². The van der Waals surface area contributed by atoms with Crippen LogP contribution in [0.15, 0.2) is 0 Å². The first-order chi connectivity index (χ1) is 9.22. The molecule has 2 amide bonds. The minimum absolute atomic E-state index is 0. The Morgan fingerprint density at radius 1 is 1.33 bits per heavy atom. The molecule has 0 aromatic rings. The lowest BCUT2D eigenvalue weighted by molar-refractivity contribution is -0.134. The summed E-state index contributed by atoms with van der Waals surface area (Å²) in [7, 11) is 0. The predicted molar refractivity (Wildman–Crippen MR) is 87.3 cm³/mol. The van der Waals surface area contributed by atoms with E-state index in [1.165, 1.54) is 0 Å². The Bertz CT molecular complexity index is 359. The van der Waals surface area contributed by atoms with Crippen molar-refractivity contribution in [2.24, 2.45) is 11.1 Å². The minimum atomic E-state index is -0.0249. The third-order valence-corrected chi connectivity index (χ3v) is 3.91. The summed E-state index contributed by atoms with van der Waals surface area (Å²) in [4.78, 5) is 25.5. The molecule has 1 aliphatic rings. The molecule has 0 aromatic carbocycles. The zero-order valence-corrected chi connectivity index (χ0v) is 14.5. The molecule has 1 saturated heterocycles. The van der Waals surface area contributed by atoms with Crippen molar-refractivity contribution in [3.8, 4) is 0 Å². The molecule has 1 unspecified atom stereocenters. The van der Waals surface area contributed by atoms with Crippen LogP contribution in [0.2, 0.25) is 0 Å². The lowest BCUT2D eigenvalue weighted by atomic mass is 9.79. The Balaban J connectivity index is 0.00000400. The maximum atomic E-state index is 12.1. The highest BCUT2D eigenvalue weighted by atomic mass is 35.5. The van der Waals surface area contributed by atoms with Gasteiger partial charge in [-0.2, -0.15) is 0 Å². The maximum absolute atomic E-state index is 12.1. The molecule has 0 spiro atoms. The van der Waals surface area contributed by atoms with Gasteiger partial charge in [-0.1, -0.05) is 13.8 Å². The van der Waals surface area contributed by atoms with Crippen LogP contribution >= 0.6 is 12.4 Å². The Labute approximate surface area is 134 Å². The van der Waals surface area contributed by atoms with E-state index in [1.807, 2.05) is 18.7 Å². The number of piperidine rings is 1. The molecule has 0 radical (unpaired) electrons. The van der Waals surface area contributed by atoms with Crippen LogP contribution in [0.4, 0.5) is 0 Å². The van der Waals surface area contributed by atoms with Gasteiger partial charge < -0.3 is 16.0 Å². The van der Waals surface area contributed by atoms with E-state index in [-0.39, 0.29) is 41.7 Å². The Morgan fingerprint density at radius 2 is 1.95 bits per heavy atom. The van der Waals surface area contributed by atoms with Gasteiger partial charge in [-0.3, -0.25) is 9.59 Å². The Morgan fingerprint density at radius 3 is 2.48 bits per heavy atom. The number of nitrogens with zero attached hydrogens (tertiary/aromatic N) is 1. The molecule has 0 bridgehead atoms. The van der Waals surface area contributed by atoms with E-state index in [2.05, 4.69) is 19.2 Å². The van der Waals surface area contributed by atoms with Gasteiger partial charge in [0.1, 0.15) is 0 Å². The Hall–Kier alpha value is -0.810. The SMILES string of the molecule is CC(C)NC(=O)CCCC(=O)N1CCC(N)C(C)(C)C1.Cl. The molecule has 1 fully saturated rings. The molecule has 1 heterocycles. The summed E-state index contributed by atoms with van der Waals surface area (Å²) >= 11 is 0. The van der Waals surface area contributed by atoms with Gasteiger partial charge in [0.05, 0.1) is 0 Å². The smallest absolute Gasteiger partial charge is 0.222 e. The number of nitrogens with two attached hydrogens (primary N) is 1.